The van der Waals surface area contributed by atoms with E-state index in [0.29, 0.717) is 6.42 Å². The Morgan fingerprint density at radius 3 is 1.71 bits per heavy atom. The van der Waals surface area contributed by atoms with Crippen molar-refractivity contribution in [2.24, 2.45) is 5.92 Å². The van der Waals surface area contributed by atoms with Gasteiger partial charge in [-0.05, 0) is 12.3 Å². The van der Waals surface area contributed by atoms with Gasteiger partial charge in [0.2, 0.25) is 0 Å². The quantitative estimate of drug-likeness (QED) is 0.198. The Balaban J connectivity index is 3.06. The molecule has 0 fully saturated rings. The molecule has 0 aromatic rings. The van der Waals surface area contributed by atoms with Crippen LogP contribution in [0.1, 0.15) is 97.3 Å². The van der Waals surface area contributed by atoms with Gasteiger partial charge in [-0.1, -0.05) is 91.1 Å². The molecule has 0 saturated carbocycles. The van der Waals surface area contributed by atoms with E-state index in [1.165, 1.54) is 70.5 Å². The first-order valence-electron chi connectivity index (χ1n) is 8.97. The van der Waals surface area contributed by atoms with Crippen LogP contribution in [0.5, 0.6) is 0 Å². The van der Waals surface area contributed by atoms with Crippen LogP contribution in [0.25, 0.3) is 0 Å². The first kappa shape index (κ1) is 20.2. The highest BCUT2D eigenvalue weighted by Crippen LogP contribution is 2.14. The predicted molar refractivity (Wildman–Crippen MR) is 91.1 cm³/mol. The number of ether oxygens (including phenoxy) is 1. The van der Waals surface area contributed by atoms with Crippen molar-refractivity contribution in [2.45, 2.75) is 97.3 Å². The van der Waals surface area contributed by atoms with Gasteiger partial charge in [0, 0.05) is 6.42 Å². The number of esters is 1. The van der Waals surface area contributed by atoms with Gasteiger partial charge in [0.15, 0.2) is 0 Å². The lowest BCUT2D eigenvalue weighted by molar-refractivity contribution is -0.138. The van der Waals surface area contributed by atoms with Crippen molar-refractivity contribution in [1.29, 1.82) is 0 Å². The second-order valence-corrected chi connectivity index (χ2v) is 6.48. The van der Waals surface area contributed by atoms with Crippen molar-refractivity contribution >= 4 is 5.97 Å². The summed E-state index contributed by atoms with van der Waals surface area (Å²) in [6.45, 7) is 7.99. The Morgan fingerprint density at radius 1 is 0.857 bits per heavy atom. The van der Waals surface area contributed by atoms with Gasteiger partial charge in [-0.25, -0.2) is 0 Å². The lowest BCUT2D eigenvalue weighted by Gasteiger charge is -2.04. The van der Waals surface area contributed by atoms with Gasteiger partial charge in [-0.3, -0.25) is 4.79 Å². The van der Waals surface area contributed by atoms with Gasteiger partial charge in [-0.2, -0.15) is 0 Å². The molecule has 0 amide bonds. The Labute approximate surface area is 132 Å². The van der Waals surface area contributed by atoms with E-state index in [1.54, 1.807) is 0 Å². The minimum Gasteiger partial charge on any atom is -0.435 e. The molecule has 0 heterocycles. The minimum atomic E-state index is -0.150. The molecule has 0 aliphatic heterocycles. The molecule has 0 rings (SSSR count). The molecule has 21 heavy (non-hydrogen) atoms. The molecule has 0 spiro atoms. The second-order valence-electron chi connectivity index (χ2n) is 6.48. The summed E-state index contributed by atoms with van der Waals surface area (Å²) >= 11 is 0. The van der Waals surface area contributed by atoms with Crippen LogP contribution in [0.15, 0.2) is 12.8 Å². The van der Waals surface area contributed by atoms with Crippen LogP contribution in [-0.2, 0) is 9.53 Å². The first-order valence-corrected chi connectivity index (χ1v) is 8.97. The molecule has 124 valence electrons. The van der Waals surface area contributed by atoms with Crippen molar-refractivity contribution in [3.8, 4) is 0 Å². The Bertz CT molecular complexity index is 246. The molecule has 0 aliphatic carbocycles. The van der Waals surface area contributed by atoms with E-state index in [2.05, 4.69) is 25.2 Å². The summed E-state index contributed by atoms with van der Waals surface area (Å²) in [5, 5.41) is 0. The molecule has 2 heteroatoms. The van der Waals surface area contributed by atoms with Crippen molar-refractivity contribution in [1.82, 2.24) is 0 Å². The Morgan fingerprint density at radius 2 is 1.29 bits per heavy atom. The highest BCUT2D eigenvalue weighted by atomic mass is 16.5. The van der Waals surface area contributed by atoms with E-state index in [0.717, 1.165) is 18.8 Å². The zero-order valence-corrected chi connectivity index (χ0v) is 14.4. The molecule has 0 bridgehead atoms. The van der Waals surface area contributed by atoms with Crippen LogP contribution in [0.2, 0.25) is 0 Å². The summed E-state index contributed by atoms with van der Waals surface area (Å²) in [7, 11) is 0. The van der Waals surface area contributed by atoms with Gasteiger partial charge in [0.25, 0.3) is 0 Å². The lowest BCUT2D eigenvalue weighted by Crippen LogP contribution is -1.98. The van der Waals surface area contributed by atoms with Crippen LogP contribution in [-0.4, -0.2) is 5.97 Å². The molecule has 0 aromatic carbocycles. The van der Waals surface area contributed by atoms with Crippen LogP contribution >= 0.6 is 0 Å². The third-order valence-corrected chi connectivity index (χ3v) is 3.88. The molecule has 0 aliphatic rings. The molecule has 2 nitrogen and oxygen atoms in total. The standard InChI is InChI=1S/C19H36O2/c1-4-21-19(20)17-15-13-11-9-7-5-6-8-10-12-14-16-18(2)3/h4,18H,1,5-17H2,2-3H3. The second kappa shape index (κ2) is 15.6. The first-order chi connectivity index (χ1) is 10.2. The number of carbonyl (C=O) groups is 1. The summed E-state index contributed by atoms with van der Waals surface area (Å²) in [4.78, 5) is 11.1. The molecule has 0 radical (unpaired) electrons. The van der Waals surface area contributed by atoms with E-state index >= 15 is 0 Å². The van der Waals surface area contributed by atoms with Crippen LogP contribution < -0.4 is 0 Å². The molecule has 0 unspecified atom stereocenters. The van der Waals surface area contributed by atoms with Gasteiger partial charge >= 0.3 is 5.97 Å². The Hall–Kier alpha value is -0.790. The zero-order chi connectivity index (χ0) is 15.8. The zero-order valence-electron chi connectivity index (χ0n) is 14.4. The molecule has 0 saturated heterocycles. The maximum atomic E-state index is 11.1. The van der Waals surface area contributed by atoms with Crippen molar-refractivity contribution in [3.63, 3.8) is 0 Å². The Kier molecular flexibility index (Phi) is 15.0. The predicted octanol–water partition coefficient (Wildman–Crippen LogP) is 6.40. The fraction of sp³-hybridized carbons (Fsp3) is 0.842. The van der Waals surface area contributed by atoms with Gasteiger partial charge in [0.1, 0.15) is 0 Å². The summed E-state index contributed by atoms with van der Waals surface area (Å²) in [5.41, 5.74) is 0. The highest BCUT2D eigenvalue weighted by molar-refractivity contribution is 5.69. The van der Waals surface area contributed by atoms with Crippen molar-refractivity contribution in [3.05, 3.63) is 12.8 Å². The molecule has 0 N–H and O–H groups in total. The highest BCUT2D eigenvalue weighted by Gasteiger charge is 2.00. The fourth-order valence-electron chi connectivity index (χ4n) is 2.56. The number of rotatable bonds is 15. The number of hydrogen-bond acceptors (Lipinski definition) is 2. The fourth-order valence-corrected chi connectivity index (χ4v) is 2.56. The summed E-state index contributed by atoms with van der Waals surface area (Å²) in [5.74, 6) is 0.714. The van der Waals surface area contributed by atoms with Crippen LogP contribution in [0.3, 0.4) is 0 Å². The molecule has 0 aromatic heterocycles. The average Bonchev–Trinajstić information content (AvgIpc) is 2.44. The van der Waals surface area contributed by atoms with Gasteiger partial charge < -0.3 is 4.74 Å². The van der Waals surface area contributed by atoms with E-state index < -0.39 is 0 Å². The smallest absolute Gasteiger partial charge is 0.310 e. The van der Waals surface area contributed by atoms with Gasteiger partial charge in [0.05, 0.1) is 6.26 Å². The molecular weight excluding hydrogens is 260 g/mol. The topological polar surface area (TPSA) is 26.3 Å². The number of carbonyl (C=O) groups excluding carboxylic acids is 1. The monoisotopic (exact) mass is 296 g/mol. The SMILES string of the molecule is C=COC(=O)CCCCCCCCCCCCCC(C)C. The van der Waals surface area contributed by atoms with Crippen molar-refractivity contribution < 1.29 is 9.53 Å². The summed E-state index contributed by atoms with van der Waals surface area (Å²) < 4.78 is 4.68. The summed E-state index contributed by atoms with van der Waals surface area (Å²) in [6.07, 6.45) is 17.5. The number of hydrogen-bond donors (Lipinski definition) is 0. The molecular formula is C19H36O2. The largest absolute Gasteiger partial charge is 0.435 e. The summed E-state index contributed by atoms with van der Waals surface area (Å²) in [6, 6.07) is 0. The van der Waals surface area contributed by atoms with Crippen LogP contribution in [0, 0.1) is 5.92 Å². The van der Waals surface area contributed by atoms with E-state index in [1.807, 2.05) is 0 Å². The normalized spacial score (nSPS) is 10.8. The lowest BCUT2D eigenvalue weighted by atomic mass is 10.0. The maximum Gasteiger partial charge on any atom is 0.310 e. The average molecular weight is 296 g/mol. The molecule has 0 atom stereocenters. The minimum absolute atomic E-state index is 0.150. The van der Waals surface area contributed by atoms with E-state index in [4.69, 9.17) is 0 Å². The maximum absolute atomic E-state index is 11.1. The van der Waals surface area contributed by atoms with Crippen molar-refractivity contribution in [2.75, 3.05) is 0 Å². The van der Waals surface area contributed by atoms with Gasteiger partial charge in [-0.15, -0.1) is 0 Å². The third kappa shape index (κ3) is 17.2. The third-order valence-electron chi connectivity index (χ3n) is 3.88. The number of unbranched alkanes of at least 4 members (excludes halogenated alkanes) is 10. The van der Waals surface area contributed by atoms with Crippen LogP contribution in [0.4, 0.5) is 0 Å². The van der Waals surface area contributed by atoms with E-state index in [-0.39, 0.29) is 5.97 Å². The van der Waals surface area contributed by atoms with E-state index in [9.17, 15) is 4.79 Å².